The van der Waals surface area contributed by atoms with Crippen molar-refractivity contribution in [2.45, 2.75) is 33.0 Å². The largest absolute Gasteiger partial charge is 0.412 e. The van der Waals surface area contributed by atoms with E-state index in [0.29, 0.717) is 24.5 Å². The highest BCUT2D eigenvalue weighted by molar-refractivity contribution is 5.90. The van der Waals surface area contributed by atoms with E-state index < -0.39 is 17.8 Å². The maximum atomic E-state index is 12.6. The number of alkyl halides is 3. The van der Waals surface area contributed by atoms with E-state index in [4.69, 9.17) is 4.74 Å². The Bertz CT molecular complexity index is 637. The molecule has 1 N–H and O–H groups in total. The molecule has 2 amide bonds. The number of hydrogen-bond acceptors (Lipinski definition) is 3. The van der Waals surface area contributed by atoms with E-state index in [1.54, 1.807) is 18.7 Å². The summed E-state index contributed by atoms with van der Waals surface area (Å²) >= 11 is 0. The monoisotopic (exact) mass is 346 g/mol. The number of methoxy groups -OCH3 is 1. The van der Waals surface area contributed by atoms with E-state index in [1.807, 2.05) is 6.92 Å². The Morgan fingerprint density at radius 2 is 2.12 bits per heavy atom. The highest BCUT2D eigenvalue weighted by Gasteiger charge is 2.35. The van der Waals surface area contributed by atoms with Gasteiger partial charge in [-0.15, -0.1) is 0 Å². The third kappa shape index (κ3) is 4.08. The van der Waals surface area contributed by atoms with E-state index in [9.17, 15) is 18.0 Å². The SMILES string of the molecule is COCCn1nc(C)c(NC(=O)N2CC=C(C(F)(F)F)CC2)c1C. The van der Waals surface area contributed by atoms with E-state index in [1.165, 1.54) is 4.90 Å². The third-order valence-corrected chi connectivity index (χ3v) is 3.98. The smallest absolute Gasteiger partial charge is 0.383 e. The second kappa shape index (κ2) is 7.25. The zero-order valence-electron chi connectivity index (χ0n) is 13.9. The lowest BCUT2D eigenvalue weighted by molar-refractivity contribution is -0.0955. The summed E-state index contributed by atoms with van der Waals surface area (Å²) in [5, 5.41) is 7.08. The molecule has 0 aliphatic carbocycles. The molecule has 0 atom stereocenters. The van der Waals surface area contributed by atoms with Crippen molar-refractivity contribution < 1.29 is 22.7 Å². The zero-order valence-corrected chi connectivity index (χ0v) is 13.9. The topological polar surface area (TPSA) is 59.4 Å². The number of anilines is 1. The quantitative estimate of drug-likeness (QED) is 0.853. The molecule has 134 valence electrons. The molecule has 0 bridgehead atoms. The van der Waals surface area contributed by atoms with Crippen LogP contribution in [0.4, 0.5) is 23.7 Å². The second-order valence-electron chi connectivity index (χ2n) is 5.62. The van der Waals surface area contributed by atoms with Gasteiger partial charge in [0.05, 0.1) is 30.2 Å². The Morgan fingerprint density at radius 1 is 1.42 bits per heavy atom. The Labute approximate surface area is 138 Å². The van der Waals surface area contributed by atoms with Gasteiger partial charge in [0.1, 0.15) is 0 Å². The normalized spacial score (nSPS) is 15.4. The Kier molecular flexibility index (Phi) is 5.53. The number of carbonyl (C=O) groups excluding carboxylic acids is 1. The van der Waals surface area contributed by atoms with Crippen molar-refractivity contribution in [3.8, 4) is 0 Å². The van der Waals surface area contributed by atoms with Crippen molar-refractivity contribution in [1.82, 2.24) is 14.7 Å². The summed E-state index contributed by atoms with van der Waals surface area (Å²) in [6.45, 7) is 4.61. The highest BCUT2D eigenvalue weighted by atomic mass is 19.4. The van der Waals surface area contributed by atoms with Crippen LogP contribution in [-0.4, -0.2) is 53.7 Å². The maximum Gasteiger partial charge on any atom is 0.412 e. The molecule has 24 heavy (non-hydrogen) atoms. The lowest BCUT2D eigenvalue weighted by Gasteiger charge is -2.27. The Hall–Kier alpha value is -2.03. The van der Waals surface area contributed by atoms with Gasteiger partial charge in [-0.1, -0.05) is 6.08 Å². The van der Waals surface area contributed by atoms with Crippen LogP contribution in [0.5, 0.6) is 0 Å². The number of amides is 2. The minimum atomic E-state index is -4.32. The van der Waals surface area contributed by atoms with Crippen molar-refractivity contribution in [2.75, 3.05) is 32.1 Å². The molecule has 1 aliphatic rings. The molecule has 2 rings (SSSR count). The van der Waals surface area contributed by atoms with Gasteiger partial charge in [-0.05, 0) is 20.3 Å². The lowest BCUT2D eigenvalue weighted by Crippen LogP contribution is -2.39. The first-order valence-corrected chi connectivity index (χ1v) is 7.59. The Morgan fingerprint density at radius 3 is 2.67 bits per heavy atom. The first-order chi connectivity index (χ1) is 11.2. The predicted octanol–water partition coefficient (Wildman–Crippen LogP) is 2.87. The molecule has 0 saturated heterocycles. The van der Waals surface area contributed by atoms with Gasteiger partial charge in [0, 0.05) is 25.8 Å². The number of aromatic nitrogens is 2. The zero-order chi connectivity index (χ0) is 17.9. The van der Waals surface area contributed by atoms with Crippen molar-refractivity contribution in [1.29, 1.82) is 0 Å². The number of nitrogens with one attached hydrogen (secondary N) is 1. The average Bonchev–Trinajstić information content (AvgIpc) is 2.79. The van der Waals surface area contributed by atoms with Crippen LogP contribution in [0.3, 0.4) is 0 Å². The van der Waals surface area contributed by atoms with Gasteiger partial charge in [-0.2, -0.15) is 18.3 Å². The number of hydrogen-bond donors (Lipinski definition) is 1. The van der Waals surface area contributed by atoms with E-state index in [2.05, 4.69) is 10.4 Å². The van der Waals surface area contributed by atoms with Crippen LogP contribution >= 0.6 is 0 Å². The number of halogens is 3. The molecule has 1 aromatic heterocycles. The number of nitrogens with zero attached hydrogens (tertiary/aromatic N) is 3. The summed E-state index contributed by atoms with van der Waals surface area (Å²) in [7, 11) is 1.59. The van der Waals surface area contributed by atoms with Crippen LogP contribution < -0.4 is 5.32 Å². The summed E-state index contributed by atoms with van der Waals surface area (Å²) in [5.41, 5.74) is 1.44. The van der Waals surface area contributed by atoms with Gasteiger partial charge >= 0.3 is 12.2 Å². The van der Waals surface area contributed by atoms with Crippen molar-refractivity contribution in [2.24, 2.45) is 0 Å². The van der Waals surface area contributed by atoms with Crippen LogP contribution in [-0.2, 0) is 11.3 Å². The van der Waals surface area contributed by atoms with Crippen molar-refractivity contribution in [3.05, 3.63) is 23.0 Å². The number of carbonyl (C=O) groups is 1. The summed E-state index contributed by atoms with van der Waals surface area (Å²) in [5.74, 6) is 0. The second-order valence-corrected chi connectivity index (χ2v) is 5.62. The van der Waals surface area contributed by atoms with Gasteiger partial charge in [0.2, 0.25) is 0 Å². The summed E-state index contributed by atoms with van der Waals surface area (Å²) in [4.78, 5) is 13.6. The van der Waals surface area contributed by atoms with Gasteiger partial charge in [0.15, 0.2) is 0 Å². The van der Waals surface area contributed by atoms with E-state index in [-0.39, 0.29) is 19.5 Å². The van der Waals surface area contributed by atoms with Crippen molar-refractivity contribution >= 4 is 11.7 Å². The van der Waals surface area contributed by atoms with Gasteiger partial charge in [-0.3, -0.25) is 4.68 Å². The standard InChI is InChI=1S/C15H21F3N4O2/c1-10-13(11(2)22(20-10)8-9-24-3)19-14(23)21-6-4-12(5-7-21)15(16,17)18/h4H,5-9H2,1-3H3,(H,19,23). The molecule has 0 aromatic carbocycles. The van der Waals surface area contributed by atoms with Crippen LogP contribution in [0.2, 0.25) is 0 Å². The number of aryl methyl sites for hydroxylation is 1. The van der Waals surface area contributed by atoms with E-state index in [0.717, 1.165) is 11.8 Å². The van der Waals surface area contributed by atoms with E-state index >= 15 is 0 Å². The number of urea groups is 1. The van der Waals surface area contributed by atoms with Crippen LogP contribution in [0.25, 0.3) is 0 Å². The average molecular weight is 346 g/mol. The molecular weight excluding hydrogens is 325 g/mol. The van der Waals surface area contributed by atoms with Crippen molar-refractivity contribution in [3.63, 3.8) is 0 Å². The molecule has 0 unspecified atom stereocenters. The molecular formula is C15H21F3N4O2. The number of ether oxygens (including phenoxy) is 1. The van der Waals surface area contributed by atoms with Gasteiger partial charge < -0.3 is 15.0 Å². The first kappa shape index (κ1) is 18.3. The summed E-state index contributed by atoms with van der Waals surface area (Å²) in [6.07, 6.45) is -3.45. The molecule has 0 saturated carbocycles. The number of rotatable bonds is 4. The summed E-state index contributed by atoms with van der Waals surface area (Å²) in [6, 6.07) is -0.426. The maximum absolute atomic E-state index is 12.6. The molecule has 1 aliphatic heterocycles. The molecule has 0 spiro atoms. The minimum Gasteiger partial charge on any atom is -0.383 e. The highest BCUT2D eigenvalue weighted by Crippen LogP contribution is 2.30. The molecule has 0 fully saturated rings. The molecule has 1 aromatic rings. The van der Waals surface area contributed by atoms with Crippen LogP contribution in [0, 0.1) is 13.8 Å². The fourth-order valence-corrected chi connectivity index (χ4v) is 2.57. The first-order valence-electron chi connectivity index (χ1n) is 7.59. The predicted molar refractivity (Wildman–Crippen MR) is 82.9 cm³/mol. The fourth-order valence-electron chi connectivity index (χ4n) is 2.57. The molecule has 9 heteroatoms. The Balaban J connectivity index is 2.03. The molecule has 6 nitrogen and oxygen atoms in total. The summed E-state index contributed by atoms with van der Waals surface area (Å²) < 4.78 is 44.6. The van der Waals surface area contributed by atoms with Crippen LogP contribution in [0.15, 0.2) is 11.6 Å². The molecule has 0 radical (unpaired) electrons. The lowest BCUT2D eigenvalue weighted by atomic mass is 10.1. The van der Waals surface area contributed by atoms with Crippen LogP contribution in [0.1, 0.15) is 17.8 Å². The molecule has 2 heterocycles. The fraction of sp³-hybridized carbons (Fsp3) is 0.600. The van der Waals surface area contributed by atoms with Gasteiger partial charge in [0.25, 0.3) is 0 Å². The minimum absolute atomic E-state index is 0.0348. The third-order valence-electron chi connectivity index (χ3n) is 3.98. The van der Waals surface area contributed by atoms with Gasteiger partial charge in [-0.25, -0.2) is 4.79 Å².